The van der Waals surface area contributed by atoms with Crippen LogP contribution >= 0.6 is 23.2 Å². The van der Waals surface area contributed by atoms with E-state index in [-0.39, 0.29) is 0 Å². The lowest BCUT2D eigenvalue weighted by atomic mass is 9.99. The van der Waals surface area contributed by atoms with E-state index in [1.807, 2.05) is 30.6 Å². The van der Waals surface area contributed by atoms with Crippen LogP contribution in [0.15, 0.2) is 42.7 Å². The first-order chi connectivity index (χ1) is 10.2. The average Bonchev–Trinajstić information content (AvgIpc) is 2.49. The van der Waals surface area contributed by atoms with Crippen LogP contribution in [0.5, 0.6) is 0 Å². The van der Waals surface area contributed by atoms with Crippen molar-refractivity contribution in [1.82, 2.24) is 10.3 Å². The maximum absolute atomic E-state index is 6.27. The first kappa shape index (κ1) is 16.3. The molecule has 112 valence electrons. The summed E-state index contributed by atoms with van der Waals surface area (Å²) in [4.78, 5) is 4.05. The number of benzene rings is 1. The van der Waals surface area contributed by atoms with Crippen molar-refractivity contribution in [2.75, 3.05) is 6.54 Å². The van der Waals surface area contributed by atoms with Crippen LogP contribution in [0.1, 0.15) is 24.5 Å². The molecule has 2 rings (SSSR count). The summed E-state index contributed by atoms with van der Waals surface area (Å²) in [6, 6.07) is 10.3. The third kappa shape index (κ3) is 5.31. The lowest BCUT2D eigenvalue weighted by Crippen LogP contribution is -2.31. The summed E-state index contributed by atoms with van der Waals surface area (Å²) < 4.78 is 0. The SMILES string of the molecule is CCNC(CCc1ccncc1)Cc1ccc(Cl)cc1Cl. The van der Waals surface area contributed by atoms with Gasteiger partial charge in [0.25, 0.3) is 0 Å². The number of hydrogen-bond donors (Lipinski definition) is 1. The third-order valence-corrected chi connectivity index (χ3v) is 4.09. The standard InChI is InChI=1S/C17H20Cl2N2/c1-2-21-16(6-3-13-7-9-20-10-8-13)11-14-4-5-15(18)12-17(14)19/h4-5,7-10,12,16,21H,2-3,6,11H2,1H3. The average molecular weight is 323 g/mol. The monoisotopic (exact) mass is 322 g/mol. The smallest absolute Gasteiger partial charge is 0.0453 e. The molecule has 1 atom stereocenters. The van der Waals surface area contributed by atoms with Crippen LogP contribution in [0.4, 0.5) is 0 Å². The molecule has 0 saturated carbocycles. The Labute approximate surface area is 136 Å². The molecule has 0 saturated heterocycles. The van der Waals surface area contributed by atoms with Crippen molar-refractivity contribution in [3.05, 3.63) is 63.9 Å². The summed E-state index contributed by atoms with van der Waals surface area (Å²) in [5.41, 5.74) is 2.46. The number of aromatic nitrogens is 1. The number of nitrogens with one attached hydrogen (secondary N) is 1. The fourth-order valence-electron chi connectivity index (χ4n) is 2.41. The summed E-state index contributed by atoms with van der Waals surface area (Å²) in [7, 11) is 0. The maximum atomic E-state index is 6.27. The molecule has 4 heteroatoms. The minimum atomic E-state index is 0.404. The molecule has 21 heavy (non-hydrogen) atoms. The van der Waals surface area contributed by atoms with E-state index in [1.165, 1.54) is 5.56 Å². The first-order valence-electron chi connectivity index (χ1n) is 7.25. The second kappa shape index (κ2) is 8.38. The Morgan fingerprint density at radius 2 is 1.90 bits per heavy atom. The molecule has 1 unspecified atom stereocenters. The summed E-state index contributed by atoms with van der Waals surface area (Å²) in [5.74, 6) is 0. The Kier molecular flexibility index (Phi) is 6.50. The number of halogens is 2. The molecular weight excluding hydrogens is 303 g/mol. The maximum Gasteiger partial charge on any atom is 0.0453 e. The number of nitrogens with zero attached hydrogens (tertiary/aromatic N) is 1. The highest BCUT2D eigenvalue weighted by Crippen LogP contribution is 2.23. The van der Waals surface area contributed by atoms with Crippen molar-refractivity contribution in [2.45, 2.75) is 32.2 Å². The molecule has 0 bridgehead atoms. The number of hydrogen-bond acceptors (Lipinski definition) is 2. The molecule has 0 amide bonds. The molecular formula is C17H20Cl2N2. The zero-order valence-corrected chi connectivity index (χ0v) is 13.7. The lowest BCUT2D eigenvalue weighted by molar-refractivity contribution is 0.491. The molecule has 1 heterocycles. The zero-order chi connectivity index (χ0) is 15.1. The van der Waals surface area contributed by atoms with Gasteiger partial charge in [0.15, 0.2) is 0 Å². The van der Waals surface area contributed by atoms with Crippen LogP contribution in [0.3, 0.4) is 0 Å². The van der Waals surface area contributed by atoms with Crippen molar-refractivity contribution < 1.29 is 0 Å². The Morgan fingerprint density at radius 3 is 2.57 bits per heavy atom. The van der Waals surface area contributed by atoms with E-state index in [2.05, 4.69) is 29.4 Å². The molecule has 0 spiro atoms. The van der Waals surface area contributed by atoms with Gasteiger partial charge in [-0.3, -0.25) is 4.98 Å². The van der Waals surface area contributed by atoms with Crippen molar-refractivity contribution in [3.8, 4) is 0 Å². The minimum absolute atomic E-state index is 0.404. The number of rotatable bonds is 7. The largest absolute Gasteiger partial charge is 0.314 e. The fourth-order valence-corrected chi connectivity index (χ4v) is 2.89. The van der Waals surface area contributed by atoms with Gasteiger partial charge in [-0.1, -0.05) is 36.2 Å². The topological polar surface area (TPSA) is 24.9 Å². The Morgan fingerprint density at radius 1 is 1.14 bits per heavy atom. The van der Waals surface area contributed by atoms with Gasteiger partial charge in [0, 0.05) is 28.5 Å². The van der Waals surface area contributed by atoms with Gasteiger partial charge in [0.1, 0.15) is 0 Å². The van der Waals surface area contributed by atoms with Crippen LogP contribution in [0.25, 0.3) is 0 Å². The van der Waals surface area contributed by atoms with E-state index in [9.17, 15) is 0 Å². The molecule has 1 N–H and O–H groups in total. The first-order valence-corrected chi connectivity index (χ1v) is 8.01. The highest BCUT2D eigenvalue weighted by molar-refractivity contribution is 6.35. The highest BCUT2D eigenvalue weighted by Gasteiger charge is 2.11. The van der Waals surface area contributed by atoms with Gasteiger partial charge in [-0.15, -0.1) is 0 Å². The Hall–Kier alpha value is -1.09. The van der Waals surface area contributed by atoms with E-state index >= 15 is 0 Å². The van der Waals surface area contributed by atoms with Gasteiger partial charge in [-0.25, -0.2) is 0 Å². The number of likely N-dealkylation sites (N-methyl/N-ethyl adjacent to an activating group) is 1. The van der Waals surface area contributed by atoms with Gasteiger partial charge < -0.3 is 5.32 Å². The number of pyridine rings is 1. The predicted octanol–water partition coefficient (Wildman–Crippen LogP) is 4.54. The van der Waals surface area contributed by atoms with Crippen molar-refractivity contribution in [1.29, 1.82) is 0 Å². The van der Waals surface area contributed by atoms with Gasteiger partial charge in [-0.05, 0) is 61.2 Å². The van der Waals surface area contributed by atoms with Crippen molar-refractivity contribution >= 4 is 23.2 Å². The quantitative estimate of drug-likeness (QED) is 0.809. The summed E-state index contributed by atoms with van der Waals surface area (Å²) in [6.45, 7) is 3.08. The van der Waals surface area contributed by atoms with E-state index in [1.54, 1.807) is 0 Å². The van der Waals surface area contributed by atoms with E-state index in [0.29, 0.717) is 11.1 Å². The third-order valence-electron chi connectivity index (χ3n) is 3.51. The van der Waals surface area contributed by atoms with Crippen LogP contribution < -0.4 is 5.32 Å². The van der Waals surface area contributed by atoms with Crippen LogP contribution in [-0.4, -0.2) is 17.6 Å². The molecule has 1 aromatic heterocycles. The van der Waals surface area contributed by atoms with Gasteiger partial charge in [0.2, 0.25) is 0 Å². The van der Waals surface area contributed by atoms with Crippen LogP contribution in [-0.2, 0) is 12.8 Å². The Balaban J connectivity index is 1.98. The summed E-state index contributed by atoms with van der Waals surface area (Å²) >= 11 is 12.2. The molecule has 0 radical (unpaired) electrons. The zero-order valence-electron chi connectivity index (χ0n) is 12.2. The lowest BCUT2D eigenvalue weighted by Gasteiger charge is -2.19. The fraction of sp³-hybridized carbons (Fsp3) is 0.353. The second-order valence-electron chi connectivity index (χ2n) is 5.09. The molecule has 2 aromatic rings. The summed E-state index contributed by atoms with van der Waals surface area (Å²) in [6.07, 6.45) is 6.69. The molecule has 0 aliphatic heterocycles. The van der Waals surface area contributed by atoms with Gasteiger partial charge in [-0.2, -0.15) is 0 Å². The van der Waals surface area contributed by atoms with E-state index in [0.717, 1.165) is 36.4 Å². The second-order valence-corrected chi connectivity index (χ2v) is 5.93. The minimum Gasteiger partial charge on any atom is -0.314 e. The Bertz CT molecular complexity index is 558. The van der Waals surface area contributed by atoms with Crippen LogP contribution in [0.2, 0.25) is 10.0 Å². The van der Waals surface area contributed by atoms with Crippen LogP contribution in [0, 0.1) is 0 Å². The predicted molar refractivity (Wildman–Crippen MR) is 90.2 cm³/mol. The molecule has 2 nitrogen and oxygen atoms in total. The molecule has 0 aliphatic carbocycles. The van der Waals surface area contributed by atoms with Gasteiger partial charge in [0.05, 0.1) is 0 Å². The number of aryl methyl sites for hydroxylation is 1. The normalized spacial score (nSPS) is 12.3. The molecule has 0 aliphatic rings. The highest BCUT2D eigenvalue weighted by atomic mass is 35.5. The van der Waals surface area contributed by atoms with E-state index < -0.39 is 0 Å². The molecule has 0 fully saturated rings. The van der Waals surface area contributed by atoms with Crippen molar-refractivity contribution in [3.63, 3.8) is 0 Å². The molecule has 1 aromatic carbocycles. The summed E-state index contributed by atoms with van der Waals surface area (Å²) in [5, 5.41) is 4.96. The van der Waals surface area contributed by atoms with Crippen molar-refractivity contribution in [2.24, 2.45) is 0 Å². The van der Waals surface area contributed by atoms with Gasteiger partial charge >= 0.3 is 0 Å². The van der Waals surface area contributed by atoms with E-state index in [4.69, 9.17) is 23.2 Å².